The third-order valence-electron chi connectivity index (χ3n) is 2.45. The summed E-state index contributed by atoms with van der Waals surface area (Å²) in [6.45, 7) is 2.04. The second kappa shape index (κ2) is 4.15. The predicted molar refractivity (Wildman–Crippen MR) is 59.8 cm³/mol. The molecule has 0 amide bonds. The highest BCUT2D eigenvalue weighted by Crippen LogP contribution is 2.06. The molecule has 0 aliphatic rings. The van der Waals surface area contributed by atoms with E-state index in [0.29, 0.717) is 5.56 Å². The molecule has 2 heterocycles. The van der Waals surface area contributed by atoms with Gasteiger partial charge in [0.2, 0.25) is 0 Å². The lowest BCUT2D eigenvalue weighted by Gasteiger charge is -2.06. The second-order valence-electron chi connectivity index (χ2n) is 3.57. The van der Waals surface area contributed by atoms with Crippen molar-refractivity contribution in [2.75, 3.05) is 0 Å². The molecule has 0 atom stereocenters. The van der Waals surface area contributed by atoms with Gasteiger partial charge in [-0.25, -0.2) is 4.98 Å². The number of nitrogens with one attached hydrogen (secondary N) is 1. The number of hydrogen-bond donors (Lipinski definition) is 1. The number of nitrogens with zero attached hydrogens (tertiary/aromatic N) is 3. The molecule has 0 fully saturated rings. The zero-order valence-electron chi connectivity index (χ0n) is 9.07. The molecule has 4 nitrogen and oxygen atoms in total. The van der Waals surface area contributed by atoms with Crippen molar-refractivity contribution in [1.82, 2.24) is 9.38 Å². The maximum Gasteiger partial charge on any atom is 0.150 e. The highest BCUT2D eigenvalue weighted by Gasteiger charge is 2.08. The number of rotatable bonds is 2. The molecule has 16 heavy (non-hydrogen) atoms. The highest BCUT2D eigenvalue weighted by molar-refractivity contribution is 5.43. The van der Waals surface area contributed by atoms with Crippen LogP contribution < -0.4 is 5.49 Å². The van der Waals surface area contributed by atoms with Crippen LogP contribution in [0.3, 0.4) is 0 Å². The van der Waals surface area contributed by atoms with Gasteiger partial charge in [0.25, 0.3) is 0 Å². The molecule has 0 radical (unpaired) electrons. The minimum Gasteiger partial charge on any atom is -0.285 e. The number of pyridine rings is 1. The maximum atomic E-state index is 9.06. The minimum atomic E-state index is 0.219. The van der Waals surface area contributed by atoms with Gasteiger partial charge in [0.05, 0.1) is 5.69 Å². The quantitative estimate of drug-likeness (QED) is 0.822. The Labute approximate surface area is 93.3 Å². The van der Waals surface area contributed by atoms with E-state index in [1.165, 1.54) is 0 Å². The SMILES string of the molecule is CCCc1nc2ccccn2c(=N)c1C#N. The monoisotopic (exact) mass is 212 g/mol. The summed E-state index contributed by atoms with van der Waals surface area (Å²) in [4.78, 5) is 4.42. The second-order valence-corrected chi connectivity index (χ2v) is 3.57. The van der Waals surface area contributed by atoms with Crippen LogP contribution in [0.4, 0.5) is 0 Å². The lowest BCUT2D eigenvalue weighted by molar-refractivity contribution is 0.847. The van der Waals surface area contributed by atoms with E-state index in [0.717, 1.165) is 24.2 Å². The van der Waals surface area contributed by atoms with Gasteiger partial charge >= 0.3 is 0 Å². The summed E-state index contributed by atoms with van der Waals surface area (Å²) in [5.41, 5.74) is 2.04. The fourth-order valence-corrected chi connectivity index (χ4v) is 1.70. The molecule has 0 aliphatic heterocycles. The number of aryl methyl sites for hydroxylation is 1. The zero-order valence-corrected chi connectivity index (χ0v) is 9.07. The van der Waals surface area contributed by atoms with Crippen LogP contribution in [0.5, 0.6) is 0 Å². The Kier molecular flexibility index (Phi) is 2.69. The molecule has 1 N–H and O–H groups in total. The summed E-state index contributed by atoms with van der Waals surface area (Å²) in [6, 6.07) is 7.62. The van der Waals surface area contributed by atoms with Gasteiger partial charge in [0.1, 0.15) is 17.3 Å². The molecule has 0 saturated heterocycles. The Morgan fingerprint density at radius 2 is 2.31 bits per heavy atom. The summed E-state index contributed by atoms with van der Waals surface area (Å²) in [7, 11) is 0. The zero-order chi connectivity index (χ0) is 11.5. The van der Waals surface area contributed by atoms with Crippen LogP contribution in [-0.4, -0.2) is 9.38 Å². The Balaban J connectivity index is 2.83. The third-order valence-corrected chi connectivity index (χ3v) is 2.45. The standard InChI is InChI=1S/C12H12N4/c1-2-5-10-9(8-13)12(14)16-7-4-3-6-11(16)15-10/h3-4,6-7,14H,2,5H2,1H3. The van der Waals surface area contributed by atoms with Gasteiger partial charge in [-0.3, -0.25) is 9.81 Å². The molecule has 0 unspecified atom stereocenters. The first-order valence-electron chi connectivity index (χ1n) is 5.23. The van der Waals surface area contributed by atoms with E-state index >= 15 is 0 Å². The molecule has 2 rings (SSSR count). The Morgan fingerprint density at radius 1 is 1.50 bits per heavy atom. The Bertz CT molecular complexity index is 619. The molecule has 4 heteroatoms. The normalized spacial score (nSPS) is 10.2. The first-order chi connectivity index (χ1) is 7.77. The molecule has 2 aromatic heterocycles. The average molecular weight is 212 g/mol. The summed E-state index contributed by atoms with van der Waals surface area (Å²) in [5.74, 6) is 0. The van der Waals surface area contributed by atoms with Gasteiger partial charge < -0.3 is 0 Å². The fraction of sp³-hybridized carbons (Fsp3) is 0.250. The molecule has 0 aromatic carbocycles. The van der Waals surface area contributed by atoms with Crippen LogP contribution in [0.1, 0.15) is 24.6 Å². The van der Waals surface area contributed by atoms with Gasteiger partial charge in [-0.15, -0.1) is 0 Å². The molecule has 0 aliphatic carbocycles. The lowest BCUT2D eigenvalue weighted by atomic mass is 10.1. The van der Waals surface area contributed by atoms with Gasteiger partial charge in [-0.2, -0.15) is 5.26 Å². The minimum absolute atomic E-state index is 0.219. The van der Waals surface area contributed by atoms with Crippen molar-refractivity contribution in [1.29, 1.82) is 10.7 Å². The van der Waals surface area contributed by atoms with Crippen LogP contribution >= 0.6 is 0 Å². The van der Waals surface area contributed by atoms with Crippen molar-refractivity contribution in [2.45, 2.75) is 19.8 Å². The van der Waals surface area contributed by atoms with E-state index in [1.807, 2.05) is 25.1 Å². The number of fused-ring (bicyclic) bond motifs is 1. The van der Waals surface area contributed by atoms with Crippen LogP contribution in [0.25, 0.3) is 5.65 Å². The van der Waals surface area contributed by atoms with Gasteiger partial charge in [-0.05, 0) is 18.6 Å². The molecule has 0 bridgehead atoms. The molecule has 0 spiro atoms. The predicted octanol–water partition coefficient (Wildman–Crippen LogP) is 1.64. The van der Waals surface area contributed by atoms with Gasteiger partial charge in [0.15, 0.2) is 5.49 Å². The highest BCUT2D eigenvalue weighted by atomic mass is 15.0. The summed E-state index contributed by atoms with van der Waals surface area (Å²) >= 11 is 0. The van der Waals surface area contributed by atoms with E-state index in [-0.39, 0.29) is 5.49 Å². The van der Waals surface area contributed by atoms with Crippen molar-refractivity contribution < 1.29 is 0 Å². The van der Waals surface area contributed by atoms with E-state index < -0.39 is 0 Å². The topological polar surface area (TPSA) is 64.9 Å². The lowest BCUT2D eigenvalue weighted by Crippen LogP contribution is -2.20. The smallest absolute Gasteiger partial charge is 0.150 e. The molecular weight excluding hydrogens is 200 g/mol. The van der Waals surface area contributed by atoms with E-state index in [2.05, 4.69) is 11.1 Å². The van der Waals surface area contributed by atoms with Crippen LogP contribution in [0.15, 0.2) is 24.4 Å². The van der Waals surface area contributed by atoms with Crippen LogP contribution in [0.2, 0.25) is 0 Å². The summed E-state index contributed by atoms with van der Waals surface area (Å²) in [5, 5.41) is 17.0. The van der Waals surface area contributed by atoms with Crippen molar-refractivity contribution in [3.05, 3.63) is 41.1 Å². The van der Waals surface area contributed by atoms with Crippen molar-refractivity contribution in [3.8, 4) is 6.07 Å². The molecule has 80 valence electrons. The van der Waals surface area contributed by atoms with Crippen LogP contribution in [0, 0.1) is 16.7 Å². The van der Waals surface area contributed by atoms with E-state index in [4.69, 9.17) is 10.7 Å². The largest absolute Gasteiger partial charge is 0.285 e. The van der Waals surface area contributed by atoms with E-state index in [1.54, 1.807) is 10.6 Å². The molecular formula is C12H12N4. The summed E-state index contributed by atoms with van der Waals surface area (Å²) < 4.78 is 1.62. The Hall–Kier alpha value is -2.15. The maximum absolute atomic E-state index is 9.06. The van der Waals surface area contributed by atoms with Crippen molar-refractivity contribution in [3.63, 3.8) is 0 Å². The van der Waals surface area contributed by atoms with Crippen LogP contribution in [-0.2, 0) is 6.42 Å². The first-order valence-corrected chi connectivity index (χ1v) is 5.23. The number of aromatic nitrogens is 2. The van der Waals surface area contributed by atoms with Gasteiger partial charge in [-0.1, -0.05) is 19.4 Å². The number of hydrogen-bond acceptors (Lipinski definition) is 3. The van der Waals surface area contributed by atoms with Gasteiger partial charge in [0, 0.05) is 6.20 Å². The summed E-state index contributed by atoms with van der Waals surface area (Å²) in [6.07, 6.45) is 3.41. The van der Waals surface area contributed by atoms with E-state index in [9.17, 15) is 0 Å². The molecule has 2 aromatic rings. The Morgan fingerprint density at radius 3 is 3.00 bits per heavy atom. The number of nitriles is 1. The third kappa shape index (κ3) is 1.57. The first kappa shape index (κ1) is 10.4. The van der Waals surface area contributed by atoms with Crippen molar-refractivity contribution in [2.24, 2.45) is 0 Å². The molecule has 0 saturated carbocycles. The van der Waals surface area contributed by atoms with Crippen molar-refractivity contribution >= 4 is 5.65 Å². The fourth-order valence-electron chi connectivity index (χ4n) is 1.70. The average Bonchev–Trinajstić information content (AvgIpc) is 2.30.